The summed E-state index contributed by atoms with van der Waals surface area (Å²) in [5.74, 6) is -1.64. The molecule has 3 fully saturated rings. The monoisotopic (exact) mass is 861 g/mol. The van der Waals surface area contributed by atoms with Crippen molar-refractivity contribution in [1.82, 2.24) is 10.2 Å². The number of carbonyl (C=O) groups excluding carboxylic acids is 5. The lowest BCUT2D eigenvalue weighted by Gasteiger charge is -2.39. The summed E-state index contributed by atoms with van der Waals surface area (Å²) < 4.78 is 29.2. The van der Waals surface area contributed by atoms with E-state index in [4.69, 9.17) is 23.7 Å². The first-order valence-corrected chi connectivity index (χ1v) is 22.6. The van der Waals surface area contributed by atoms with E-state index in [9.17, 15) is 24.0 Å². The third-order valence-corrected chi connectivity index (χ3v) is 14.7. The molecule has 12 heteroatoms. The second kappa shape index (κ2) is 19.5. The molecule has 0 radical (unpaired) electrons. The maximum Gasteiger partial charge on any atom is 0.356 e. The van der Waals surface area contributed by atoms with Crippen molar-refractivity contribution in [3.05, 3.63) is 57.2 Å². The maximum atomic E-state index is 14.6. The van der Waals surface area contributed by atoms with E-state index in [1.807, 2.05) is 39.5 Å². The summed E-state index contributed by atoms with van der Waals surface area (Å²) in [6, 6.07) is -1.85. The average Bonchev–Trinajstić information content (AvgIpc) is 3.81. The number of ether oxygens (including phenoxy) is 5. The molecule has 1 aromatic carbocycles. The Morgan fingerprint density at radius 3 is 2.13 bits per heavy atom. The minimum atomic E-state index is -1.44. The van der Waals surface area contributed by atoms with Crippen molar-refractivity contribution < 1.29 is 47.7 Å². The molecule has 3 aliphatic heterocycles. The lowest BCUT2D eigenvalue weighted by atomic mass is 9.66. The van der Waals surface area contributed by atoms with E-state index in [1.54, 1.807) is 0 Å². The molecular weight excluding hydrogens is 789 g/mol. The predicted molar refractivity (Wildman–Crippen MR) is 238 cm³/mol. The van der Waals surface area contributed by atoms with Crippen LogP contribution in [0.2, 0.25) is 0 Å². The summed E-state index contributed by atoms with van der Waals surface area (Å²) in [7, 11) is 2.42. The van der Waals surface area contributed by atoms with Gasteiger partial charge in [-0.2, -0.15) is 0 Å². The number of fused-ring (bicyclic) bond motifs is 3. The number of methoxy groups -OCH3 is 2. The summed E-state index contributed by atoms with van der Waals surface area (Å²) in [6.45, 7) is 21.3. The number of rotatable bonds is 18. The fraction of sp³-hybridized carbons (Fsp3) is 0.660. The Labute approximate surface area is 369 Å². The normalized spacial score (nSPS) is 25.9. The molecule has 3 heterocycles. The molecule has 1 aliphatic carbocycles. The number of nitrogens with zero attached hydrogens (tertiary/aromatic N) is 1. The third-order valence-electron chi connectivity index (χ3n) is 14.7. The fourth-order valence-corrected chi connectivity index (χ4v) is 9.85. The fourth-order valence-electron chi connectivity index (χ4n) is 9.85. The maximum absolute atomic E-state index is 14.6. The molecule has 0 aromatic heterocycles. The van der Waals surface area contributed by atoms with Crippen molar-refractivity contribution >= 4 is 29.8 Å². The van der Waals surface area contributed by atoms with Crippen LogP contribution in [0.15, 0.2) is 34.9 Å². The number of hydrogen-bond acceptors (Lipinski definition) is 11. The molecule has 2 bridgehead atoms. The van der Waals surface area contributed by atoms with Crippen LogP contribution in [-0.2, 0) is 51.1 Å². The molecule has 1 N–H and O–H groups in total. The van der Waals surface area contributed by atoms with Crippen molar-refractivity contribution in [1.29, 1.82) is 0 Å². The van der Waals surface area contributed by atoms with Gasteiger partial charge in [0.05, 0.1) is 32.1 Å². The second-order valence-corrected chi connectivity index (χ2v) is 19.5. The van der Waals surface area contributed by atoms with Gasteiger partial charge in [0.2, 0.25) is 11.5 Å². The summed E-state index contributed by atoms with van der Waals surface area (Å²) in [5.41, 5.74) is 3.94. The van der Waals surface area contributed by atoms with Crippen LogP contribution in [0.3, 0.4) is 0 Å². The lowest BCUT2D eigenvalue weighted by molar-refractivity contribution is -0.176. The number of likely N-dealkylation sites (tertiary alicyclic amines) is 1. The first-order valence-electron chi connectivity index (χ1n) is 22.6. The highest BCUT2D eigenvalue weighted by Crippen LogP contribution is 2.66. The number of allylic oxidation sites excluding steroid dienone is 6. The Hall–Kier alpha value is -4.45. The Morgan fingerprint density at radius 1 is 0.871 bits per heavy atom. The number of carbonyl (C=O) groups is 5. The summed E-state index contributed by atoms with van der Waals surface area (Å²) in [6.07, 6.45) is 16.0. The molecule has 5 rings (SSSR count). The highest BCUT2D eigenvalue weighted by molar-refractivity contribution is 5.95. The molecule has 1 amide bonds. The van der Waals surface area contributed by atoms with Crippen LogP contribution in [0, 0.1) is 24.7 Å². The van der Waals surface area contributed by atoms with Gasteiger partial charge in [0, 0.05) is 23.1 Å². The molecule has 0 spiro atoms. The standard InChI is InChI=1S/C50H72N2O10/c1-31(2)17-13-18-32(3)19-14-20-33(4)21-15-24-48(9)25-23-36-37(30-52-28-16-22-39(52)43(54)51-38(44(55)59-12)29-40(53)58-11)41(34(5)35(6)42(36)61-48)60-46(57)50-27-26-49(10,45(56)62-50)47(50,7)8/h17,19,21,38-39H,13-16,18,20,22-30H2,1-12H3,(H,51,54)/b32-19+,33-21+/t38-,39-,48-,49+,50-/m1/s1. The number of nitrogens with one attached hydrogen (secondary N) is 1. The van der Waals surface area contributed by atoms with Crippen molar-refractivity contribution in [3.63, 3.8) is 0 Å². The molecule has 342 valence electrons. The van der Waals surface area contributed by atoms with Gasteiger partial charge in [-0.3, -0.25) is 19.3 Å². The van der Waals surface area contributed by atoms with E-state index >= 15 is 0 Å². The topological polar surface area (TPSA) is 147 Å². The molecule has 1 aromatic rings. The highest BCUT2D eigenvalue weighted by atomic mass is 16.6. The smallest absolute Gasteiger partial charge is 0.356 e. The highest BCUT2D eigenvalue weighted by Gasteiger charge is 2.76. The van der Waals surface area contributed by atoms with Crippen molar-refractivity contribution in [2.75, 3.05) is 20.8 Å². The average molecular weight is 861 g/mol. The molecule has 2 saturated heterocycles. The first-order chi connectivity index (χ1) is 29.1. The van der Waals surface area contributed by atoms with Crippen LogP contribution < -0.4 is 14.8 Å². The minimum absolute atomic E-state index is 0.253. The summed E-state index contributed by atoms with van der Waals surface area (Å²) in [4.78, 5) is 68.4. The van der Waals surface area contributed by atoms with Gasteiger partial charge in [-0.1, -0.05) is 48.8 Å². The van der Waals surface area contributed by atoms with Gasteiger partial charge in [0.1, 0.15) is 23.1 Å². The molecule has 1 saturated carbocycles. The van der Waals surface area contributed by atoms with Gasteiger partial charge in [-0.05, 0) is 150 Å². The molecular formula is C50H72N2O10. The lowest BCUT2D eigenvalue weighted by Crippen LogP contribution is -2.51. The molecule has 12 nitrogen and oxygen atoms in total. The van der Waals surface area contributed by atoms with Crippen LogP contribution in [0.1, 0.15) is 155 Å². The van der Waals surface area contributed by atoms with Crippen molar-refractivity contribution in [2.45, 2.75) is 183 Å². The Bertz CT molecular complexity index is 2010. The molecule has 4 aliphatic rings. The van der Waals surface area contributed by atoms with Gasteiger partial charge in [0.25, 0.3) is 0 Å². The number of amides is 1. The summed E-state index contributed by atoms with van der Waals surface area (Å²) >= 11 is 0. The van der Waals surface area contributed by atoms with Crippen molar-refractivity contribution in [2.24, 2.45) is 10.8 Å². The largest absolute Gasteiger partial charge is 0.487 e. The number of hydrogen-bond donors (Lipinski definition) is 1. The van der Waals surface area contributed by atoms with Crippen LogP contribution in [-0.4, -0.2) is 78.7 Å². The Morgan fingerprint density at radius 2 is 1.53 bits per heavy atom. The van der Waals surface area contributed by atoms with E-state index in [0.29, 0.717) is 44.4 Å². The number of benzene rings is 1. The zero-order valence-corrected chi connectivity index (χ0v) is 39.5. The molecule has 62 heavy (non-hydrogen) atoms. The number of esters is 4. The second-order valence-electron chi connectivity index (χ2n) is 19.5. The van der Waals surface area contributed by atoms with Gasteiger partial charge >= 0.3 is 23.9 Å². The predicted octanol–water partition coefficient (Wildman–Crippen LogP) is 8.80. The SMILES string of the molecule is COC(=O)C[C@@H](NC(=O)[C@H]1CCCN1Cc1c2c(c(C)c(C)c1OC(=O)[C@@]13CC[C@@](C)(C(=O)O1)C3(C)C)O[C@](C)(CC/C=C(\C)CC/C=C(\C)CCC=C(C)C)CC2)C(=O)OC. The Kier molecular flexibility index (Phi) is 15.3. The van der Waals surface area contributed by atoms with Crippen LogP contribution in [0.25, 0.3) is 0 Å². The van der Waals surface area contributed by atoms with E-state index in [0.717, 1.165) is 72.9 Å². The minimum Gasteiger partial charge on any atom is -0.487 e. The van der Waals surface area contributed by atoms with Crippen molar-refractivity contribution in [3.8, 4) is 11.5 Å². The van der Waals surface area contributed by atoms with E-state index in [2.05, 4.69) is 58.2 Å². The zero-order valence-electron chi connectivity index (χ0n) is 39.5. The van der Waals surface area contributed by atoms with Crippen LogP contribution >= 0.6 is 0 Å². The zero-order chi connectivity index (χ0) is 45.8. The third kappa shape index (κ3) is 9.85. The molecule has 5 atom stereocenters. The van der Waals surface area contributed by atoms with E-state index in [-0.39, 0.29) is 18.9 Å². The van der Waals surface area contributed by atoms with Gasteiger partial charge < -0.3 is 29.0 Å². The first kappa shape index (κ1) is 48.6. The van der Waals surface area contributed by atoms with Crippen LogP contribution in [0.4, 0.5) is 0 Å². The van der Waals surface area contributed by atoms with Gasteiger partial charge in [-0.15, -0.1) is 0 Å². The van der Waals surface area contributed by atoms with Crippen LogP contribution in [0.5, 0.6) is 11.5 Å². The van der Waals surface area contributed by atoms with E-state index in [1.165, 1.54) is 30.9 Å². The quantitative estimate of drug-likeness (QED) is 0.0654. The molecule has 0 unspecified atom stereocenters. The Balaban J connectivity index is 1.42. The van der Waals surface area contributed by atoms with E-state index < -0.39 is 57.9 Å². The summed E-state index contributed by atoms with van der Waals surface area (Å²) in [5, 5.41) is 2.73. The van der Waals surface area contributed by atoms with Gasteiger partial charge in [0.15, 0.2) is 0 Å². The van der Waals surface area contributed by atoms with Gasteiger partial charge in [-0.25, -0.2) is 9.59 Å².